The van der Waals surface area contributed by atoms with Gasteiger partial charge in [0.2, 0.25) is 0 Å². The van der Waals surface area contributed by atoms with Gasteiger partial charge in [0.1, 0.15) is 5.75 Å². The molecule has 0 aliphatic carbocycles. The summed E-state index contributed by atoms with van der Waals surface area (Å²) in [6.45, 7) is 4.76. The Morgan fingerprint density at radius 1 is 0.969 bits per heavy atom. The first-order valence-electron chi connectivity index (χ1n) is 11.0. The smallest absolute Gasteiger partial charge is 0.253 e. The Hall–Kier alpha value is -3.54. The lowest BCUT2D eigenvalue weighted by molar-refractivity contribution is 0.0827. The van der Waals surface area contributed by atoms with Crippen molar-refractivity contribution in [3.05, 3.63) is 77.9 Å². The van der Waals surface area contributed by atoms with Gasteiger partial charge in [0.25, 0.3) is 5.91 Å². The van der Waals surface area contributed by atoms with Crippen molar-refractivity contribution >= 4 is 22.6 Å². The molecular weight excluding hydrogens is 400 g/mol. The minimum absolute atomic E-state index is 0.000894. The number of hydrogen-bond acceptors (Lipinski definition) is 3. The summed E-state index contributed by atoms with van der Waals surface area (Å²) in [5, 5.41) is 9.01. The molecule has 32 heavy (non-hydrogen) atoms. The summed E-state index contributed by atoms with van der Waals surface area (Å²) in [5.74, 6) is 1.66. The molecule has 0 heterocycles. The minimum Gasteiger partial charge on any atom is -0.494 e. The highest BCUT2D eigenvalue weighted by atomic mass is 16.5. The normalized spacial score (nSPS) is 11.3. The van der Waals surface area contributed by atoms with Crippen molar-refractivity contribution in [2.45, 2.75) is 19.9 Å². The van der Waals surface area contributed by atoms with E-state index in [0.717, 1.165) is 36.8 Å². The van der Waals surface area contributed by atoms with Gasteiger partial charge in [-0.25, -0.2) is 4.99 Å². The predicted octanol–water partition coefficient (Wildman–Crippen LogP) is 4.07. The molecule has 0 saturated heterocycles. The summed E-state index contributed by atoms with van der Waals surface area (Å²) in [5.41, 5.74) is 1.73. The summed E-state index contributed by atoms with van der Waals surface area (Å²) < 4.78 is 5.90. The first-order valence-corrected chi connectivity index (χ1v) is 11.0. The SMILES string of the molecule is CCNC(=NCc1ccc(C(=O)N(C)C)cc1)NCCCOc1ccc2ccccc2c1. The average molecular weight is 433 g/mol. The largest absolute Gasteiger partial charge is 0.494 e. The summed E-state index contributed by atoms with van der Waals surface area (Å²) >= 11 is 0. The van der Waals surface area contributed by atoms with Crippen LogP contribution in [-0.2, 0) is 6.54 Å². The van der Waals surface area contributed by atoms with E-state index in [9.17, 15) is 4.79 Å². The zero-order valence-corrected chi connectivity index (χ0v) is 19.1. The van der Waals surface area contributed by atoms with Gasteiger partial charge in [-0.15, -0.1) is 0 Å². The third-order valence-corrected chi connectivity index (χ3v) is 4.97. The number of nitrogens with one attached hydrogen (secondary N) is 2. The van der Waals surface area contributed by atoms with Gasteiger partial charge in [-0.05, 0) is 53.9 Å². The molecule has 3 aromatic rings. The standard InChI is InChI=1S/C26H32N4O2/c1-4-27-26(29-19-20-10-12-22(13-11-20)25(31)30(2)3)28-16-7-17-32-24-15-14-21-8-5-6-9-23(21)18-24/h5-6,8-15,18H,4,7,16-17,19H2,1-3H3,(H2,27,28,29). The highest BCUT2D eigenvalue weighted by molar-refractivity contribution is 5.93. The van der Waals surface area contributed by atoms with Gasteiger partial charge in [-0.1, -0.05) is 42.5 Å². The van der Waals surface area contributed by atoms with Crippen molar-refractivity contribution in [1.29, 1.82) is 0 Å². The van der Waals surface area contributed by atoms with Crippen LogP contribution in [0.25, 0.3) is 10.8 Å². The molecule has 0 saturated carbocycles. The number of rotatable bonds is 9. The Bertz CT molecular complexity index is 1050. The molecule has 1 amide bonds. The van der Waals surface area contributed by atoms with E-state index in [0.29, 0.717) is 18.7 Å². The van der Waals surface area contributed by atoms with Gasteiger partial charge in [-0.3, -0.25) is 4.79 Å². The molecule has 0 aliphatic rings. The number of carbonyl (C=O) groups excluding carboxylic acids is 1. The highest BCUT2D eigenvalue weighted by Gasteiger charge is 2.07. The first-order chi connectivity index (χ1) is 15.6. The lowest BCUT2D eigenvalue weighted by Gasteiger charge is -2.12. The van der Waals surface area contributed by atoms with Crippen LogP contribution in [0.2, 0.25) is 0 Å². The predicted molar refractivity (Wildman–Crippen MR) is 131 cm³/mol. The first kappa shape index (κ1) is 23.1. The minimum atomic E-state index is 0.000894. The second-order valence-corrected chi connectivity index (χ2v) is 7.73. The van der Waals surface area contributed by atoms with Crippen LogP contribution < -0.4 is 15.4 Å². The van der Waals surface area contributed by atoms with Crippen molar-refractivity contribution in [3.63, 3.8) is 0 Å². The van der Waals surface area contributed by atoms with Crippen LogP contribution in [0.4, 0.5) is 0 Å². The lowest BCUT2D eigenvalue weighted by Crippen LogP contribution is -2.38. The van der Waals surface area contributed by atoms with E-state index >= 15 is 0 Å². The van der Waals surface area contributed by atoms with Crippen LogP contribution in [-0.4, -0.2) is 50.6 Å². The van der Waals surface area contributed by atoms with E-state index < -0.39 is 0 Å². The molecule has 0 radical (unpaired) electrons. The monoisotopic (exact) mass is 432 g/mol. The topological polar surface area (TPSA) is 66.0 Å². The van der Waals surface area contributed by atoms with E-state index in [1.165, 1.54) is 10.8 Å². The van der Waals surface area contributed by atoms with Crippen LogP contribution in [0.1, 0.15) is 29.3 Å². The van der Waals surface area contributed by atoms with E-state index in [-0.39, 0.29) is 5.91 Å². The van der Waals surface area contributed by atoms with Crippen LogP contribution >= 0.6 is 0 Å². The molecule has 0 spiro atoms. The maximum Gasteiger partial charge on any atom is 0.253 e. The maximum atomic E-state index is 12.0. The van der Waals surface area contributed by atoms with Crippen molar-refractivity contribution in [3.8, 4) is 5.75 Å². The van der Waals surface area contributed by atoms with Gasteiger partial charge in [0.05, 0.1) is 13.2 Å². The van der Waals surface area contributed by atoms with Gasteiger partial charge < -0.3 is 20.3 Å². The third-order valence-electron chi connectivity index (χ3n) is 4.97. The van der Waals surface area contributed by atoms with Crippen molar-refractivity contribution in [2.75, 3.05) is 33.8 Å². The quantitative estimate of drug-likeness (QED) is 0.304. The number of fused-ring (bicyclic) bond motifs is 1. The van der Waals surface area contributed by atoms with Gasteiger partial charge in [-0.2, -0.15) is 0 Å². The molecule has 6 heteroatoms. The summed E-state index contributed by atoms with van der Waals surface area (Å²) in [4.78, 5) is 18.2. The summed E-state index contributed by atoms with van der Waals surface area (Å²) in [6.07, 6.45) is 0.860. The number of ether oxygens (including phenoxy) is 1. The number of nitrogens with zero attached hydrogens (tertiary/aromatic N) is 2. The van der Waals surface area contributed by atoms with Gasteiger partial charge in [0, 0.05) is 32.7 Å². The Morgan fingerprint density at radius 3 is 2.44 bits per heavy atom. The van der Waals surface area contributed by atoms with Crippen molar-refractivity contribution in [2.24, 2.45) is 4.99 Å². The molecule has 2 N–H and O–H groups in total. The molecule has 0 unspecified atom stereocenters. The second-order valence-electron chi connectivity index (χ2n) is 7.73. The molecule has 6 nitrogen and oxygen atoms in total. The average Bonchev–Trinajstić information content (AvgIpc) is 2.82. The molecule has 0 bridgehead atoms. The zero-order valence-electron chi connectivity index (χ0n) is 19.1. The van der Waals surface area contributed by atoms with Gasteiger partial charge >= 0.3 is 0 Å². The van der Waals surface area contributed by atoms with Gasteiger partial charge in [0.15, 0.2) is 5.96 Å². The number of hydrogen-bond donors (Lipinski definition) is 2. The Kier molecular flexibility index (Phi) is 8.49. The highest BCUT2D eigenvalue weighted by Crippen LogP contribution is 2.20. The van der Waals surface area contributed by atoms with E-state index in [1.807, 2.05) is 49.4 Å². The zero-order chi connectivity index (χ0) is 22.8. The molecular formula is C26H32N4O2. The summed E-state index contributed by atoms with van der Waals surface area (Å²) in [7, 11) is 3.50. The Morgan fingerprint density at radius 2 is 1.72 bits per heavy atom. The fourth-order valence-electron chi connectivity index (χ4n) is 3.25. The molecule has 0 atom stereocenters. The third kappa shape index (κ3) is 6.74. The van der Waals surface area contributed by atoms with Crippen molar-refractivity contribution < 1.29 is 9.53 Å². The number of carbonyl (C=O) groups is 1. The molecule has 168 valence electrons. The number of aliphatic imine (C=N–C) groups is 1. The Labute approximate surface area is 190 Å². The van der Waals surface area contributed by atoms with E-state index in [1.54, 1.807) is 19.0 Å². The second kappa shape index (κ2) is 11.7. The number of amides is 1. The molecule has 3 rings (SSSR count). The fourth-order valence-corrected chi connectivity index (χ4v) is 3.25. The lowest BCUT2D eigenvalue weighted by atomic mass is 10.1. The number of guanidine groups is 1. The Balaban J connectivity index is 1.45. The summed E-state index contributed by atoms with van der Waals surface area (Å²) in [6, 6.07) is 22.0. The molecule has 0 aliphatic heterocycles. The van der Waals surface area contributed by atoms with Crippen LogP contribution in [0, 0.1) is 0 Å². The van der Waals surface area contributed by atoms with E-state index in [4.69, 9.17) is 4.74 Å². The fraction of sp³-hybridized carbons (Fsp3) is 0.308. The maximum absolute atomic E-state index is 12.0. The number of benzene rings is 3. The molecule has 0 aromatic heterocycles. The van der Waals surface area contributed by atoms with Crippen LogP contribution in [0.15, 0.2) is 71.7 Å². The molecule has 0 fully saturated rings. The molecule has 3 aromatic carbocycles. The van der Waals surface area contributed by atoms with Crippen LogP contribution in [0.3, 0.4) is 0 Å². The van der Waals surface area contributed by atoms with E-state index in [2.05, 4.69) is 39.9 Å². The van der Waals surface area contributed by atoms with Crippen molar-refractivity contribution in [1.82, 2.24) is 15.5 Å². The van der Waals surface area contributed by atoms with Crippen LogP contribution in [0.5, 0.6) is 5.75 Å².